The minimum Gasteiger partial charge on any atom is -0.493 e. The van der Waals surface area contributed by atoms with E-state index in [9.17, 15) is 13.6 Å². The predicted molar refractivity (Wildman–Crippen MR) is 172 cm³/mol. The highest BCUT2D eigenvalue weighted by molar-refractivity contribution is 6.05. The molecule has 0 atom stereocenters. The molecule has 11 heteroatoms. The van der Waals surface area contributed by atoms with Crippen LogP contribution in [0.2, 0.25) is 0 Å². The van der Waals surface area contributed by atoms with Crippen LogP contribution in [-0.2, 0) is 4.74 Å². The number of hydrogen-bond acceptors (Lipinski definition) is 7. The number of allylic oxidation sites excluding steroid dienone is 3. The second-order valence-electron chi connectivity index (χ2n) is 10.4. The number of halogens is 2. The second kappa shape index (κ2) is 13.9. The van der Waals surface area contributed by atoms with E-state index in [0.29, 0.717) is 35.2 Å². The first kappa shape index (κ1) is 31.0. The molecule has 0 bridgehead atoms. The third kappa shape index (κ3) is 7.39. The Hall–Kier alpha value is -5.42. The van der Waals surface area contributed by atoms with Crippen LogP contribution in [0.1, 0.15) is 24.2 Å². The molecule has 1 amide bonds. The lowest BCUT2D eigenvalue weighted by atomic mass is 10.0. The largest absolute Gasteiger partial charge is 0.493 e. The highest BCUT2D eigenvalue weighted by Crippen LogP contribution is 2.35. The van der Waals surface area contributed by atoms with Crippen molar-refractivity contribution in [2.45, 2.75) is 13.8 Å². The van der Waals surface area contributed by atoms with Crippen LogP contribution in [0.3, 0.4) is 0 Å². The zero-order chi connectivity index (χ0) is 31.9. The summed E-state index contributed by atoms with van der Waals surface area (Å²) in [5.41, 5.74) is 3.91. The van der Waals surface area contributed by atoms with Crippen molar-refractivity contribution in [3.05, 3.63) is 120 Å². The number of benzene rings is 2. The molecule has 0 aliphatic carbocycles. The van der Waals surface area contributed by atoms with Crippen LogP contribution in [0, 0.1) is 11.6 Å². The average Bonchev–Trinajstić information content (AvgIpc) is 3.40. The van der Waals surface area contributed by atoms with Crippen molar-refractivity contribution in [3.8, 4) is 22.5 Å². The van der Waals surface area contributed by atoms with Crippen molar-refractivity contribution in [1.82, 2.24) is 24.5 Å². The van der Waals surface area contributed by atoms with Gasteiger partial charge in [0.2, 0.25) is 5.95 Å². The zero-order valence-corrected chi connectivity index (χ0v) is 25.4. The van der Waals surface area contributed by atoms with Gasteiger partial charge in [-0.1, -0.05) is 24.3 Å². The van der Waals surface area contributed by atoms with Crippen LogP contribution in [-0.4, -0.2) is 57.6 Å². The van der Waals surface area contributed by atoms with Gasteiger partial charge >= 0.3 is 0 Å². The minimum atomic E-state index is -0.941. The first-order valence-corrected chi connectivity index (χ1v) is 14.3. The Balaban J connectivity index is 1.46. The Bertz CT molecular complexity index is 1880. The van der Waals surface area contributed by atoms with Crippen LogP contribution in [0.4, 0.5) is 20.4 Å². The summed E-state index contributed by atoms with van der Waals surface area (Å²) in [4.78, 5) is 24.0. The fourth-order valence-electron chi connectivity index (χ4n) is 4.64. The smallest absolute Gasteiger partial charge is 0.261 e. The number of nitrogens with zero attached hydrogens (tertiary/aromatic N) is 5. The van der Waals surface area contributed by atoms with Gasteiger partial charge in [0.1, 0.15) is 35.3 Å². The van der Waals surface area contributed by atoms with Crippen molar-refractivity contribution >= 4 is 23.1 Å². The quantitative estimate of drug-likeness (QED) is 0.126. The first-order chi connectivity index (χ1) is 21.7. The summed E-state index contributed by atoms with van der Waals surface area (Å²) in [5, 5.41) is 10.7. The maximum Gasteiger partial charge on any atom is 0.261 e. The van der Waals surface area contributed by atoms with Gasteiger partial charge in [-0.3, -0.25) is 4.79 Å². The molecule has 230 valence electrons. The van der Waals surface area contributed by atoms with Gasteiger partial charge < -0.3 is 20.3 Å². The molecule has 5 rings (SSSR count). The number of carbonyl (C=O) groups is 1. The molecule has 3 heterocycles. The summed E-state index contributed by atoms with van der Waals surface area (Å²) in [7, 11) is 3.98. The third-order valence-corrected chi connectivity index (χ3v) is 6.79. The van der Waals surface area contributed by atoms with Crippen LogP contribution >= 0.6 is 0 Å². The monoisotopic (exact) mass is 609 g/mol. The van der Waals surface area contributed by atoms with E-state index in [0.717, 1.165) is 41.2 Å². The van der Waals surface area contributed by atoms with Crippen LogP contribution in [0.25, 0.3) is 28.0 Å². The number of aromatic nitrogens is 4. The number of hydrogen-bond donors (Lipinski definition) is 2. The highest BCUT2D eigenvalue weighted by Gasteiger charge is 2.20. The lowest BCUT2D eigenvalue weighted by molar-refractivity contribution is 0.101. The highest BCUT2D eigenvalue weighted by atomic mass is 19.1. The summed E-state index contributed by atoms with van der Waals surface area (Å²) in [6.45, 7) is 5.18. The molecule has 0 fully saturated rings. The number of ether oxygens (including phenoxy) is 1. The van der Waals surface area contributed by atoms with Gasteiger partial charge in [0.15, 0.2) is 0 Å². The minimum absolute atomic E-state index is 0.349. The summed E-state index contributed by atoms with van der Waals surface area (Å²) in [6.07, 6.45) is 7.28. The Morgan fingerprint density at radius 3 is 2.56 bits per heavy atom. The van der Waals surface area contributed by atoms with E-state index in [1.54, 1.807) is 35.0 Å². The number of anilines is 2. The molecule has 2 aromatic carbocycles. The lowest BCUT2D eigenvalue weighted by Gasteiger charge is -2.12. The molecular weight excluding hydrogens is 576 g/mol. The number of nitrogens with one attached hydrogen (secondary N) is 2. The normalized spacial score (nSPS) is 12.1. The summed E-state index contributed by atoms with van der Waals surface area (Å²) in [6, 6.07) is 17.7. The van der Waals surface area contributed by atoms with E-state index in [-0.39, 0.29) is 0 Å². The van der Waals surface area contributed by atoms with Gasteiger partial charge in [0.05, 0.1) is 16.8 Å². The van der Waals surface area contributed by atoms with Crippen molar-refractivity contribution in [3.63, 3.8) is 0 Å². The maximum absolute atomic E-state index is 14.2. The van der Waals surface area contributed by atoms with Gasteiger partial charge in [-0.25, -0.2) is 23.3 Å². The fraction of sp³-hybridized carbons (Fsp3) is 0.176. The zero-order valence-electron chi connectivity index (χ0n) is 25.4. The Labute approximate surface area is 259 Å². The van der Waals surface area contributed by atoms with Crippen molar-refractivity contribution in [1.29, 1.82) is 0 Å². The number of rotatable bonds is 11. The van der Waals surface area contributed by atoms with E-state index in [4.69, 9.17) is 14.8 Å². The van der Waals surface area contributed by atoms with Crippen molar-refractivity contribution in [2.75, 3.05) is 37.9 Å². The van der Waals surface area contributed by atoms with Gasteiger partial charge in [-0.2, -0.15) is 5.10 Å². The molecule has 2 N–H and O–H groups in total. The Morgan fingerprint density at radius 2 is 1.80 bits per heavy atom. The molecule has 0 saturated heterocycles. The number of amides is 1. The molecule has 3 aromatic heterocycles. The molecule has 9 nitrogen and oxygen atoms in total. The van der Waals surface area contributed by atoms with E-state index in [1.807, 2.05) is 70.6 Å². The van der Waals surface area contributed by atoms with E-state index >= 15 is 0 Å². The fourth-order valence-corrected chi connectivity index (χ4v) is 4.64. The Kier molecular flexibility index (Phi) is 9.59. The second-order valence-corrected chi connectivity index (χ2v) is 10.4. The van der Waals surface area contributed by atoms with Gasteiger partial charge in [-0.05, 0) is 82.6 Å². The summed E-state index contributed by atoms with van der Waals surface area (Å²) < 4.78 is 36.1. The first-order valence-electron chi connectivity index (χ1n) is 14.3. The topological polar surface area (TPSA) is 96.7 Å². The molecule has 0 aliphatic rings. The van der Waals surface area contributed by atoms with E-state index < -0.39 is 23.1 Å². The van der Waals surface area contributed by atoms with Crippen LogP contribution < -0.4 is 10.6 Å². The van der Waals surface area contributed by atoms with Crippen LogP contribution in [0.5, 0.6) is 0 Å². The number of fused-ring (bicyclic) bond motifs is 1. The average molecular weight is 610 g/mol. The molecule has 0 radical (unpaired) electrons. The van der Waals surface area contributed by atoms with Gasteiger partial charge in [-0.15, -0.1) is 0 Å². The third-order valence-electron chi connectivity index (χ3n) is 6.79. The summed E-state index contributed by atoms with van der Waals surface area (Å²) in [5.74, 6) is -1.66. The van der Waals surface area contributed by atoms with Gasteiger partial charge in [0.25, 0.3) is 5.91 Å². The SMILES string of the molecule is C/C=C(\C=C(/C)Nc1nccc(-c2c(-c3cccc(NC(=O)c4c(F)cccc4F)c3)nn3ccccc23)n1)OCCN(C)C. The number of carbonyl (C=O) groups excluding carboxylic acids is 1. The molecule has 0 saturated carbocycles. The van der Waals surface area contributed by atoms with Crippen LogP contribution in [0.15, 0.2) is 103 Å². The molecular formula is C34H33F2N7O2. The number of pyridine rings is 1. The molecule has 0 aliphatic heterocycles. The molecule has 5 aromatic rings. The van der Waals surface area contributed by atoms with E-state index in [1.165, 1.54) is 6.07 Å². The molecule has 0 unspecified atom stereocenters. The van der Waals surface area contributed by atoms with Gasteiger partial charge in [0, 0.05) is 35.9 Å². The number of likely N-dealkylation sites (N-methyl/N-ethyl adjacent to an activating group) is 1. The Morgan fingerprint density at radius 1 is 1.02 bits per heavy atom. The molecule has 45 heavy (non-hydrogen) atoms. The lowest BCUT2D eigenvalue weighted by Crippen LogP contribution is -2.17. The standard InChI is InChI=1S/C34H33F2N7O2/c1-5-25(45-19-18-42(3)4)20-22(2)38-34-37-16-15-28(40-34)31-29-14-6-7-17-43(29)41-32(31)23-10-8-11-24(21-23)39-33(44)30-26(35)12-9-13-27(30)36/h5-17,20-21H,18-19H2,1-4H3,(H,39,44)(H,37,38,40)/b22-20+,25-5+. The summed E-state index contributed by atoms with van der Waals surface area (Å²) >= 11 is 0. The maximum atomic E-state index is 14.2. The predicted octanol–water partition coefficient (Wildman–Crippen LogP) is 6.79. The van der Waals surface area contributed by atoms with Crippen molar-refractivity contribution in [2.24, 2.45) is 0 Å². The van der Waals surface area contributed by atoms with E-state index in [2.05, 4.69) is 20.5 Å². The molecule has 0 spiro atoms. The van der Waals surface area contributed by atoms with Crippen molar-refractivity contribution < 1.29 is 18.3 Å².